The first-order chi connectivity index (χ1) is 8.93. The number of allylic oxidation sites excluding steroid dienone is 1. The maximum Gasteiger partial charge on any atom is 0.330 e. The summed E-state index contributed by atoms with van der Waals surface area (Å²) in [6.07, 6.45) is 4.52. The molecule has 2 nitrogen and oxygen atoms in total. The molecule has 0 saturated heterocycles. The highest BCUT2D eigenvalue weighted by atomic mass is 19.3. The molecule has 0 spiro atoms. The normalized spacial score (nSPS) is 19.8. The second-order valence-corrected chi connectivity index (χ2v) is 4.92. The van der Waals surface area contributed by atoms with E-state index in [1.807, 2.05) is 6.08 Å². The van der Waals surface area contributed by atoms with Gasteiger partial charge in [-0.05, 0) is 25.7 Å². The van der Waals surface area contributed by atoms with E-state index in [4.69, 9.17) is 5.73 Å². The van der Waals surface area contributed by atoms with Crippen molar-refractivity contribution in [3.8, 4) is 0 Å². The molecule has 1 unspecified atom stereocenters. The quantitative estimate of drug-likeness (QED) is 0.598. The lowest BCUT2D eigenvalue weighted by Crippen LogP contribution is -2.36. The molecule has 1 atom stereocenters. The maximum atomic E-state index is 12.6. The van der Waals surface area contributed by atoms with Crippen LogP contribution in [0.3, 0.4) is 0 Å². The third-order valence-electron chi connectivity index (χ3n) is 3.21. The predicted molar refractivity (Wildman–Crippen MR) is 65.5 cm³/mol. The number of ether oxygens (including phenoxy) is 1. The van der Waals surface area contributed by atoms with Crippen molar-refractivity contribution >= 4 is 0 Å². The third-order valence-corrected chi connectivity index (χ3v) is 3.21. The van der Waals surface area contributed by atoms with Gasteiger partial charge >= 0.3 is 12.3 Å². The van der Waals surface area contributed by atoms with E-state index in [1.165, 1.54) is 6.42 Å². The summed E-state index contributed by atoms with van der Waals surface area (Å²) >= 11 is 0. The van der Waals surface area contributed by atoms with Crippen molar-refractivity contribution in [3.05, 3.63) is 11.6 Å². The van der Waals surface area contributed by atoms with Crippen LogP contribution in [-0.4, -0.2) is 31.6 Å². The Balaban J connectivity index is 2.35. The Morgan fingerprint density at radius 3 is 2.58 bits per heavy atom. The van der Waals surface area contributed by atoms with Gasteiger partial charge in [-0.2, -0.15) is 8.78 Å². The number of hydrogen-bond acceptors (Lipinski definition) is 2. The van der Waals surface area contributed by atoms with E-state index < -0.39 is 25.0 Å². The fraction of sp³-hybridized carbons (Fsp3) is 0.846. The van der Waals surface area contributed by atoms with Crippen molar-refractivity contribution in [1.29, 1.82) is 0 Å². The van der Waals surface area contributed by atoms with Crippen LogP contribution in [-0.2, 0) is 4.74 Å². The van der Waals surface area contributed by atoms with Gasteiger partial charge in [0.15, 0.2) is 0 Å². The first-order valence-corrected chi connectivity index (χ1v) is 6.61. The van der Waals surface area contributed by atoms with Gasteiger partial charge in [-0.1, -0.05) is 24.5 Å². The standard InChI is InChI=1S/C13H21F4NO/c14-12(15)13(16,17)9-19-8-11(18)10-6-4-2-1-3-5-7-10/h6,11-12H,1-5,7-9,18H2. The Hall–Kier alpha value is -0.620. The average molecular weight is 283 g/mol. The highest BCUT2D eigenvalue weighted by Crippen LogP contribution is 2.23. The van der Waals surface area contributed by atoms with Crippen LogP contribution >= 0.6 is 0 Å². The van der Waals surface area contributed by atoms with E-state index in [9.17, 15) is 17.6 Å². The Morgan fingerprint density at radius 2 is 1.89 bits per heavy atom. The highest BCUT2D eigenvalue weighted by molar-refractivity contribution is 5.10. The van der Waals surface area contributed by atoms with Crippen LogP contribution < -0.4 is 5.73 Å². The molecule has 2 N–H and O–H groups in total. The van der Waals surface area contributed by atoms with Gasteiger partial charge in [-0.15, -0.1) is 0 Å². The summed E-state index contributed by atoms with van der Waals surface area (Å²) in [5, 5.41) is 0. The van der Waals surface area contributed by atoms with E-state index in [1.54, 1.807) is 0 Å². The molecule has 0 aromatic carbocycles. The second-order valence-electron chi connectivity index (χ2n) is 4.92. The van der Waals surface area contributed by atoms with E-state index in [0.29, 0.717) is 0 Å². The monoisotopic (exact) mass is 283 g/mol. The molecule has 0 bridgehead atoms. The lowest BCUT2D eigenvalue weighted by molar-refractivity contribution is -0.166. The number of alkyl halides is 4. The van der Waals surface area contributed by atoms with Crippen molar-refractivity contribution in [2.45, 2.75) is 56.9 Å². The molecule has 0 radical (unpaired) electrons. The Kier molecular flexibility index (Phi) is 6.79. The molecule has 6 heteroatoms. The Labute approximate surface area is 111 Å². The number of halogens is 4. The van der Waals surface area contributed by atoms with Crippen molar-refractivity contribution in [2.24, 2.45) is 5.73 Å². The number of nitrogens with two attached hydrogens (primary N) is 1. The van der Waals surface area contributed by atoms with Gasteiger partial charge in [0, 0.05) is 6.04 Å². The third kappa shape index (κ3) is 5.91. The average Bonchev–Trinajstić information content (AvgIpc) is 2.27. The first-order valence-electron chi connectivity index (χ1n) is 6.61. The van der Waals surface area contributed by atoms with Crippen LogP contribution in [0.25, 0.3) is 0 Å². The minimum atomic E-state index is -4.10. The van der Waals surface area contributed by atoms with Crippen LogP contribution in [0.5, 0.6) is 0 Å². The first kappa shape index (κ1) is 16.4. The van der Waals surface area contributed by atoms with Gasteiger partial charge in [0.25, 0.3) is 0 Å². The zero-order valence-corrected chi connectivity index (χ0v) is 10.9. The fourth-order valence-electron chi connectivity index (χ4n) is 2.05. The van der Waals surface area contributed by atoms with Crippen molar-refractivity contribution < 1.29 is 22.3 Å². The molecule has 0 saturated carbocycles. The predicted octanol–water partition coefficient (Wildman–Crippen LogP) is 3.51. The topological polar surface area (TPSA) is 35.2 Å². The van der Waals surface area contributed by atoms with E-state index in [2.05, 4.69) is 4.74 Å². The molecule has 0 aromatic rings. The van der Waals surface area contributed by atoms with Crippen molar-refractivity contribution in [3.63, 3.8) is 0 Å². The van der Waals surface area contributed by atoms with Gasteiger partial charge in [0.1, 0.15) is 6.61 Å². The van der Waals surface area contributed by atoms with Crippen LogP contribution in [0.1, 0.15) is 38.5 Å². The van der Waals surface area contributed by atoms with E-state index in [0.717, 1.165) is 37.7 Å². The van der Waals surface area contributed by atoms with Crippen LogP contribution in [0.4, 0.5) is 17.6 Å². The van der Waals surface area contributed by atoms with Gasteiger partial charge in [-0.3, -0.25) is 0 Å². The molecule has 0 aromatic heterocycles. The number of rotatable bonds is 6. The fourth-order valence-corrected chi connectivity index (χ4v) is 2.05. The molecule has 0 heterocycles. The summed E-state index contributed by atoms with van der Waals surface area (Å²) in [5.41, 5.74) is 6.83. The van der Waals surface area contributed by atoms with Crippen molar-refractivity contribution in [2.75, 3.05) is 13.2 Å². The molecular formula is C13H21F4NO. The van der Waals surface area contributed by atoms with Crippen molar-refractivity contribution in [1.82, 2.24) is 0 Å². The van der Waals surface area contributed by atoms with Gasteiger partial charge in [0.05, 0.1) is 6.61 Å². The summed E-state index contributed by atoms with van der Waals surface area (Å²) in [5.74, 6) is -4.10. The Bertz CT molecular complexity index is 294. The zero-order valence-electron chi connectivity index (χ0n) is 10.9. The Morgan fingerprint density at radius 1 is 1.21 bits per heavy atom. The smallest absolute Gasteiger partial charge is 0.330 e. The summed E-state index contributed by atoms with van der Waals surface area (Å²) < 4.78 is 53.7. The minimum absolute atomic E-state index is 0.145. The van der Waals surface area contributed by atoms with Crippen LogP contribution in [0.2, 0.25) is 0 Å². The molecule has 0 amide bonds. The second kappa shape index (κ2) is 7.85. The molecular weight excluding hydrogens is 262 g/mol. The van der Waals surface area contributed by atoms with Crippen LogP contribution in [0.15, 0.2) is 11.6 Å². The van der Waals surface area contributed by atoms with Gasteiger partial charge in [0.2, 0.25) is 0 Å². The minimum Gasteiger partial charge on any atom is -0.373 e. The SMILES string of the molecule is NC(COCC(F)(F)C(F)F)C1=CCCCCCC1. The molecule has 1 aliphatic carbocycles. The largest absolute Gasteiger partial charge is 0.373 e. The highest BCUT2D eigenvalue weighted by Gasteiger charge is 2.41. The zero-order chi connectivity index (χ0) is 14.3. The van der Waals surface area contributed by atoms with E-state index >= 15 is 0 Å². The van der Waals surface area contributed by atoms with Gasteiger partial charge in [-0.25, -0.2) is 8.78 Å². The lowest BCUT2D eigenvalue weighted by atomic mass is 9.96. The summed E-state index contributed by atoms with van der Waals surface area (Å²) in [6.45, 7) is -1.43. The molecule has 0 fully saturated rings. The van der Waals surface area contributed by atoms with Gasteiger partial charge < -0.3 is 10.5 Å². The molecule has 0 aliphatic heterocycles. The summed E-state index contributed by atoms with van der Waals surface area (Å²) in [7, 11) is 0. The molecule has 1 aliphatic rings. The summed E-state index contributed by atoms with van der Waals surface area (Å²) in [6, 6.07) is -0.480. The molecule has 112 valence electrons. The molecule has 19 heavy (non-hydrogen) atoms. The number of hydrogen-bond donors (Lipinski definition) is 1. The van der Waals surface area contributed by atoms with E-state index in [-0.39, 0.29) is 6.61 Å². The maximum absolute atomic E-state index is 12.6. The summed E-state index contributed by atoms with van der Waals surface area (Å²) in [4.78, 5) is 0. The lowest BCUT2D eigenvalue weighted by Gasteiger charge is -2.20. The molecule has 1 rings (SSSR count). The van der Waals surface area contributed by atoms with Crippen LogP contribution in [0, 0.1) is 0 Å².